The number of aryl methyl sites for hydroxylation is 1. The van der Waals surface area contributed by atoms with E-state index in [1.165, 1.54) is 12.1 Å². The maximum absolute atomic E-state index is 12.7. The zero-order valence-corrected chi connectivity index (χ0v) is 14.1. The lowest BCUT2D eigenvalue weighted by Crippen LogP contribution is -2.47. The van der Waals surface area contributed by atoms with Crippen LogP contribution in [0.15, 0.2) is 36.7 Å². The Morgan fingerprint density at radius 1 is 0.923 bits per heavy atom. The van der Waals surface area contributed by atoms with E-state index in [-0.39, 0.29) is 0 Å². The highest BCUT2D eigenvalue weighted by atomic mass is 19.4. The molecule has 4 rings (SSSR count). The van der Waals surface area contributed by atoms with Crippen LogP contribution in [-0.2, 0) is 6.18 Å². The number of fused-ring (bicyclic) bond motifs is 1. The Hall–Kier alpha value is -2.84. The summed E-state index contributed by atoms with van der Waals surface area (Å²) in [6, 6.07) is 5.31. The Balaban J connectivity index is 1.49. The van der Waals surface area contributed by atoms with Crippen LogP contribution in [0, 0.1) is 6.92 Å². The van der Waals surface area contributed by atoms with Crippen molar-refractivity contribution < 1.29 is 13.2 Å². The van der Waals surface area contributed by atoms with E-state index in [1.54, 1.807) is 6.20 Å². The van der Waals surface area contributed by atoms with Crippen molar-refractivity contribution in [2.45, 2.75) is 13.1 Å². The molecular formula is C17H17F3N6. The quantitative estimate of drug-likeness (QED) is 0.702. The van der Waals surface area contributed by atoms with Crippen molar-refractivity contribution in [3.8, 4) is 0 Å². The molecule has 2 aromatic heterocycles. The van der Waals surface area contributed by atoms with Crippen LogP contribution in [0.1, 0.15) is 11.4 Å². The molecule has 1 fully saturated rings. The second kappa shape index (κ2) is 6.15. The van der Waals surface area contributed by atoms with Gasteiger partial charge in [0.2, 0.25) is 5.65 Å². The number of alkyl halides is 3. The second-order valence-electron chi connectivity index (χ2n) is 6.21. The Bertz CT molecular complexity index is 910. The third-order valence-corrected chi connectivity index (χ3v) is 4.62. The maximum atomic E-state index is 12.7. The Morgan fingerprint density at radius 2 is 1.58 bits per heavy atom. The molecule has 0 aliphatic carbocycles. The third-order valence-electron chi connectivity index (χ3n) is 4.62. The van der Waals surface area contributed by atoms with Crippen LogP contribution in [0.2, 0.25) is 0 Å². The van der Waals surface area contributed by atoms with Gasteiger partial charge in [-0.3, -0.25) is 4.40 Å². The normalized spacial score (nSPS) is 15.7. The number of piperazine rings is 1. The van der Waals surface area contributed by atoms with Crippen LogP contribution in [0.25, 0.3) is 5.65 Å². The van der Waals surface area contributed by atoms with Gasteiger partial charge in [0.1, 0.15) is 5.82 Å². The fourth-order valence-electron chi connectivity index (χ4n) is 3.19. The van der Waals surface area contributed by atoms with Crippen molar-refractivity contribution in [1.82, 2.24) is 19.6 Å². The van der Waals surface area contributed by atoms with Gasteiger partial charge in [-0.15, -0.1) is 10.2 Å². The lowest BCUT2D eigenvalue weighted by Gasteiger charge is -2.36. The number of halogens is 3. The van der Waals surface area contributed by atoms with Crippen LogP contribution in [0.5, 0.6) is 0 Å². The SMILES string of the molecule is Cc1nnc2c(N3CCN(c4ccc(C(F)(F)F)cc4)CC3)nccn12. The van der Waals surface area contributed by atoms with Crippen LogP contribution < -0.4 is 9.80 Å². The smallest absolute Gasteiger partial charge is 0.368 e. The molecule has 0 radical (unpaired) electrons. The average molecular weight is 362 g/mol. The fourth-order valence-corrected chi connectivity index (χ4v) is 3.19. The van der Waals surface area contributed by atoms with Gasteiger partial charge in [-0.1, -0.05) is 0 Å². The van der Waals surface area contributed by atoms with Gasteiger partial charge in [0.05, 0.1) is 5.56 Å². The van der Waals surface area contributed by atoms with E-state index in [4.69, 9.17) is 0 Å². The van der Waals surface area contributed by atoms with E-state index >= 15 is 0 Å². The van der Waals surface area contributed by atoms with Crippen molar-refractivity contribution in [1.29, 1.82) is 0 Å². The summed E-state index contributed by atoms with van der Waals surface area (Å²) in [4.78, 5) is 8.64. The summed E-state index contributed by atoms with van der Waals surface area (Å²) in [5.41, 5.74) is 0.882. The molecule has 136 valence electrons. The van der Waals surface area contributed by atoms with Gasteiger partial charge in [0.15, 0.2) is 5.82 Å². The van der Waals surface area contributed by atoms with E-state index in [0.29, 0.717) is 31.8 Å². The summed E-state index contributed by atoms with van der Waals surface area (Å²) in [6.07, 6.45) is -0.758. The minimum Gasteiger partial charge on any atom is -0.368 e. The molecule has 3 heterocycles. The van der Waals surface area contributed by atoms with Gasteiger partial charge in [-0.25, -0.2) is 4.98 Å². The molecule has 0 bridgehead atoms. The van der Waals surface area contributed by atoms with E-state index in [2.05, 4.69) is 25.0 Å². The highest BCUT2D eigenvalue weighted by Gasteiger charge is 2.30. The summed E-state index contributed by atoms with van der Waals surface area (Å²) >= 11 is 0. The molecule has 0 unspecified atom stereocenters. The molecule has 0 saturated carbocycles. The predicted molar refractivity (Wildman–Crippen MR) is 91.4 cm³/mol. The van der Waals surface area contributed by atoms with Crippen molar-refractivity contribution in [2.75, 3.05) is 36.0 Å². The maximum Gasteiger partial charge on any atom is 0.416 e. The molecule has 0 amide bonds. The van der Waals surface area contributed by atoms with E-state index in [9.17, 15) is 13.2 Å². The lowest BCUT2D eigenvalue weighted by atomic mass is 10.1. The van der Waals surface area contributed by atoms with Crippen molar-refractivity contribution >= 4 is 17.2 Å². The van der Waals surface area contributed by atoms with Crippen LogP contribution in [-0.4, -0.2) is 45.8 Å². The van der Waals surface area contributed by atoms with Gasteiger partial charge in [0.25, 0.3) is 0 Å². The lowest BCUT2D eigenvalue weighted by molar-refractivity contribution is -0.137. The summed E-state index contributed by atoms with van der Waals surface area (Å²) in [5.74, 6) is 1.58. The first-order valence-electron chi connectivity index (χ1n) is 8.27. The topological polar surface area (TPSA) is 49.6 Å². The van der Waals surface area contributed by atoms with E-state index < -0.39 is 11.7 Å². The molecular weight excluding hydrogens is 345 g/mol. The summed E-state index contributed by atoms with van der Waals surface area (Å²) in [6.45, 7) is 4.69. The van der Waals surface area contributed by atoms with Gasteiger partial charge in [-0.2, -0.15) is 13.2 Å². The van der Waals surface area contributed by atoms with Gasteiger partial charge >= 0.3 is 6.18 Å². The number of anilines is 2. The molecule has 1 aromatic carbocycles. The predicted octanol–water partition coefficient (Wildman–Crippen LogP) is 2.78. The van der Waals surface area contributed by atoms with Gasteiger partial charge < -0.3 is 9.80 Å². The molecule has 1 aliphatic rings. The molecule has 1 aliphatic heterocycles. The number of hydrogen-bond donors (Lipinski definition) is 0. The molecule has 0 N–H and O–H groups in total. The summed E-state index contributed by atoms with van der Waals surface area (Å²) in [5, 5.41) is 8.28. The Morgan fingerprint density at radius 3 is 2.23 bits per heavy atom. The second-order valence-corrected chi connectivity index (χ2v) is 6.21. The van der Waals surface area contributed by atoms with Crippen molar-refractivity contribution in [3.05, 3.63) is 48.0 Å². The number of benzene rings is 1. The first-order chi connectivity index (χ1) is 12.4. The standard InChI is InChI=1S/C17H17F3N6/c1-12-22-23-16-15(21-6-7-26(12)16)25-10-8-24(9-11-25)14-4-2-13(3-5-14)17(18,19)20/h2-7H,8-11H2,1H3. The molecule has 6 nitrogen and oxygen atoms in total. The minimum atomic E-state index is -4.31. The number of hydrogen-bond acceptors (Lipinski definition) is 5. The van der Waals surface area contributed by atoms with Crippen LogP contribution >= 0.6 is 0 Å². The molecule has 3 aromatic rings. The first kappa shape index (κ1) is 16.6. The third kappa shape index (κ3) is 2.93. The Labute approximate surface area is 147 Å². The minimum absolute atomic E-state index is 0.627. The molecule has 9 heteroatoms. The Kier molecular flexibility index (Phi) is 3.93. The van der Waals surface area contributed by atoms with Gasteiger partial charge in [0, 0.05) is 44.3 Å². The largest absolute Gasteiger partial charge is 0.416 e. The van der Waals surface area contributed by atoms with Crippen molar-refractivity contribution in [3.63, 3.8) is 0 Å². The molecule has 26 heavy (non-hydrogen) atoms. The zero-order chi connectivity index (χ0) is 18.3. The molecule has 0 atom stereocenters. The van der Waals surface area contributed by atoms with E-state index in [1.807, 2.05) is 17.5 Å². The number of aromatic nitrogens is 4. The molecule has 1 saturated heterocycles. The van der Waals surface area contributed by atoms with Gasteiger partial charge in [-0.05, 0) is 31.2 Å². The van der Waals surface area contributed by atoms with Crippen LogP contribution in [0.4, 0.5) is 24.7 Å². The zero-order valence-electron chi connectivity index (χ0n) is 14.1. The number of nitrogens with zero attached hydrogens (tertiary/aromatic N) is 6. The van der Waals surface area contributed by atoms with Crippen LogP contribution in [0.3, 0.4) is 0 Å². The highest BCUT2D eigenvalue weighted by Crippen LogP contribution is 2.31. The first-order valence-corrected chi connectivity index (χ1v) is 8.27. The number of rotatable bonds is 2. The van der Waals surface area contributed by atoms with Crippen molar-refractivity contribution in [2.24, 2.45) is 0 Å². The summed E-state index contributed by atoms with van der Waals surface area (Å²) < 4.78 is 40.0. The average Bonchev–Trinajstić information content (AvgIpc) is 3.03. The fraction of sp³-hybridized carbons (Fsp3) is 0.353. The summed E-state index contributed by atoms with van der Waals surface area (Å²) in [7, 11) is 0. The molecule has 0 spiro atoms. The highest BCUT2D eigenvalue weighted by molar-refractivity contribution is 5.64. The monoisotopic (exact) mass is 362 g/mol. The van der Waals surface area contributed by atoms with E-state index in [0.717, 1.165) is 29.5 Å².